The molecule has 0 fully saturated rings. The van der Waals surface area contributed by atoms with E-state index < -0.39 is 0 Å². The highest BCUT2D eigenvalue weighted by Crippen LogP contribution is 2.44. The van der Waals surface area contributed by atoms with Crippen molar-refractivity contribution in [2.75, 3.05) is 16.5 Å². The minimum Gasteiger partial charge on any atom is -0.439 e. The van der Waals surface area contributed by atoms with Crippen LogP contribution in [0, 0.1) is 0 Å². The molecule has 0 spiro atoms. The third kappa shape index (κ3) is 4.73. The molecule has 0 bridgehead atoms. The molecule has 0 atom stereocenters. The first-order valence-electron chi connectivity index (χ1n) is 15.1. The van der Waals surface area contributed by atoms with Gasteiger partial charge in [0.25, 0.3) is 0 Å². The van der Waals surface area contributed by atoms with Gasteiger partial charge in [-0.05, 0) is 71.6 Å². The Hall–Kier alpha value is -5.69. The molecule has 0 saturated heterocycles. The first-order valence-corrected chi connectivity index (χ1v) is 15.1. The van der Waals surface area contributed by atoms with Gasteiger partial charge in [0, 0.05) is 59.1 Å². The highest BCUT2D eigenvalue weighted by atomic mass is 16.5. The lowest BCUT2D eigenvalue weighted by molar-refractivity contribution is 0.463. The van der Waals surface area contributed by atoms with Gasteiger partial charge in [0.2, 0.25) is 5.88 Å². The van der Waals surface area contributed by atoms with Crippen LogP contribution in [0.3, 0.4) is 0 Å². The maximum Gasteiger partial charge on any atom is 0.221 e. The predicted octanol–water partition coefficient (Wildman–Crippen LogP) is 9.31. The normalized spacial score (nSPS) is 13.0. The number of pyridine rings is 3. The van der Waals surface area contributed by atoms with E-state index in [0.717, 1.165) is 45.0 Å². The number of benzene rings is 3. The Bertz CT molecular complexity index is 2180. The van der Waals surface area contributed by atoms with E-state index in [9.17, 15) is 0 Å². The van der Waals surface area contributed by atoms with Crippen molar-refractivity contribution in [3.63, 3.8) is 0 Å². The van der Waals surface area contributed by atoms with Gasteiger partial charge in [-0.2, -0.15) is 0 Å². The molecule has 7 heteroatoms. The summed E-state index contributed by atoms with van der Waals surface area (Å²) in [5.41, 5.74) is 7.75. The first-order chi connectivity index (χ1) is 21.9. The predicted molar refractivity (Wildman–Crippen MR) is 181 cm³/mol. The van der Waals surface area contributed by atoms with E-state index in [4.69, 9.17) is 9.72 Å². The van der Waals surface area contributed by atoms with Crippen LogP contribution in [0.2, 0.25) is 0 Å². The van der Waals surface area contributed by atoms with E-state index in [0.29, 0.717) is 18.3 Å². The minimum absolute atomic E-state index is 0.00654. The van der Waals surface area contributed by atoms with E-state index in [-0.39, 0.29) is 5.41 Å². The van der Waals surface area contributed by atoms with Gasteiger partial charge in [-0.25, -0.2) is 9.97 Å². The summed E-state index contributed by atoms with van der Waals surface area (Å²) in [7, 11) is 0. The number of hydrogen-bond donors (Lipinski definition) is 0. The van der Waals surface area contributed by atoms with Crippen molar-refractivity contribution in [1.29, 1.82) is 0 Å². The van der Waals surface area contributed by atoms with E-state index in [1.807, 2.05) is 48.9 Å². The average molecular weight is 589 g/mol. The van der Waals surface area contributed by atoms with Crippen LogP contribution in [-0.2, 0) is 5.41 Å². The number of aromatic nitrogens is 4. The Morgan fingerprint density at radius 3 is 2.11 bits per heavy atom. The van der Waals surface area contributed by atoms with E-state index in [2.05, 4.69) is 118 Å². The van der Waals surface area contributed by atoms with Gasteiger partial charge < -0.3 is 14.5 Å². The molecule has 3 aromatic carbocycles. The van der Waals surface area contributed by atoms with E-state index >= 15 is 0 Å². The topological polar surface area (TPSA) is 59.3 Å². The number of anilines is 4. The van der Waals surface area contributed by atoms with Crippen molar-refractivity contribution >= 4 is 44.6 Å². The van der Waals surface area contributed by atoms with Crippen LogP contribution in [0.4, 0.5) is 22.7 Å². The zero-order valence-electron chi connectivity index (χ0n) is 25.4. The maximum atomic E-state index is 6.46. The van der Waals surface area contributed by atoms with Crippen LogP contribution in [0.5, 0.6) is 11.6 Å². The molecule has 5 heterocycles. The van der Waals surface area contributed by atoms with Crippen molar-refractivity contribution < 1.29 is 4.74 Å². The highest BCUT2D eigenvalue weighted by molar-refractivity contribution is 6.09. The summed E-state index contributed by atoms with van der Waals surface area (Å²) in [5.74, 6) is 2.13. The van der Waals surface area contributed by atoms with E-state index in [1.54, 1.807) is 6.20 Å². The zero-order chi connectivity index (χ0) is 30.5. The van der Waals surface area contributed by atoms with Crippen LogP contribution in [0.15, 0.2) is 128 Å². The number of nitrogens with zero attached hydrogens (tertiary/aromatic N) is 6. The number of rotatable bonds is 5. The van der Waals surface area contributed by atoms with Crippen LogP contribution in [-0.4, -0.2) is 26.2 Å². The fraction of sp³-hybridized carbons (Fsp3) is 0.132. The Balaban J connectivity index is 1.17. The lowest BCUT2D eigenvalue weighted by Crippen LogP contribution is -2.23. The molecule has 7 aromatic rings. The fourth-order valence-corrected chi connectivity index (χ4v) is 6.19. The SMILES string of the molecule is CC(C)(C)c1ccnc(-n2c3ccccc3c3ccc(Oc4cc(N5CN(c6ccncc6)c6ccccc65)ccn4)cc32)c1. The van der Waals surface area contributed by atoms with Gasteiger partial charge in [0.05, 0.1) is 22.4 Å². The van der Waals surface area contributed by atoms with Crippen molar-refractivity contribution in [2.24, 2.45) is 0 Å². The molecule has 0 aliphatic carbocycles. The summed E-state index contributed by atoms with van der Waals surface area (Å²) in [6, 6.07) is 35.5. The number of para-hydroxylation sites is 3. The molecule has 220 valence electrons. The van der Waals surface area contributed by atoms with Gasteiger partial charge in [0.15, 0.2) is 0 Å². The molecule has 1 aliphatic rings. The molecule has 0 N–H and O–H groups in total. The van der Waals surface area contributed by atoms with Gasteiger partial charge in [0.1, 0.15) is 18.2 Å². The molecule has 0 radical (unpaired) electrons. The van der Waals surface area contributed by atoms with Crippen LogP contribution < -0.4 is 14.5 Å². The Kier molecular flexibility index (Phi) is 6.27. The van der Waals surface area contributed by atoms with Gasteiger partial charge in [-0.1, -0.05) is 51.1 Å². The van der Waals surface area contributed by atoms with Crippen molar-refractivity contribution in [1.82, 2.24) is 19.5 Å². The summed E-state index contributed by atoms with van der Waals surface area (Å²) in [5, 5.41) is 2.32. The Morgan fingerprint density at radius 1 is 0.622 bits per heavy atom. The molecule has 0 saturated carbocycles. The van der Waals surface area contributed by atoms with Crippen LogP contribution >= 0.6 is 0 Å². The van der Waals surface area contributed by atoms with Crippen molar-refractivity contribution in [3.8, 4) is 17.4 Å². The van der Waals surface area contributed by atoms with Gasteiger partial charge in [-0.15, -0.1) is 0 Å². The summed E-state index contributed by atoms with van der Waals surface area (Å²) >= 11 is 0. The van der Waals surface area contributed by atoms with Crippen LogP contribution in [0.1, 0.15) is 26.3 Å². The lowest BCUT2D eigenvalue weighted by atomic mass is 9.88. The third-order valence-corrected chi connectivity index (χ3v) is 8.46. The molecule has 4 aromatic heterocycles. The minimum atomic E-state index is 0.00654. The summed E-state index contributed by atoms with van der Waals surface area (Å²) in [6.45, 7) is 7.34. The molecule has 0 unspecified atom stereocenters. The number of hydrogen-bond acceptors (Lipinski definition) is 6. The molecule has 1 aliphatic heterocycles. The Labute approximate surface area is 262 Å². The smallest absolute Gasteiger partial charge is 0.221 e. The zero-order valence-corrected chi connectivity index (χ0v) is 25.4. The number of ether oxygens (including phenoxy) is 1. The average Bonchev–Trinajstić information content (AvgIpc) is 3.61. The summed E-state index contributed by atoms with van der Waals surface area (Å²) in [4.78, 5) is 18.2. The van der Waals surface area contributed by atoms with Crippen molar-refractivity contribution in [3.05, 3.63) is 133 Å². The number of fused-ring (bicyclic) bond motifs is 4. The Morgan fingerprint density at radius 2 is 1.31 bits per heavy atom. The van der Waals surface area contributed by atoms with E-state index in [1.165, 1.54) is 10.9 Å². The standard InChI is InChI=1S/C38H32N6O/c1-38(2,3)26-14-20-40-36(22-26)44-32-9-5-4-8-30(32)31-13-12-29(24-35(31)44)45-37-23-28(17-21-41-37)43-25-42(27-15-18-39-19-16-27)33-10-6-7-11-34(33)43/h4-24H,25H2,1-3H3. The molecule has 0 amide bonds. The highest BCUT2D eigenvalue weighted by Gasteiger charge is 2.28. The van der Waals surface area contributed by atoms with Gasteiger partial charge in [-0.3, -0.25) is 9.55 Å². The molecule has 7 nitrogen and oxygen atoms in total. The maximum absolute atomic E-state index is 6.46. The molecular formula is C38H32N6O. The summed E-state index contributed by atoms with van der Waals surface area (Å²) in [6.07, 6.45) is 7.36. The van der Waals surface area contributed by atoms with Crippen molar-refractivity contribution in [2.45, 2.75) is 26.2 Å². The second-order valence-electron chi connectivity index (χ2n) is 12.3. The second-order valence-corrected chi connectivity index (χ2v) is 12.3. The quantitative estimate of drug-likeness (QED) is 0.200. The largest absolute Gasteiger partial charge is 0.439 e. The van der Waals surface area contributed by atoms with Gasteiger partial charge >= 0.3 is 0 Å². The molecule has 45 heavy (non-hydrogen) atoms. The molecular weight excluding hydrogens is 556 g/mol. The first kappa shape index (κ1) is 26.9. The second kappa shape index (κ2) is 10.5. The van der Waals surface area contributed by atoms with Crippen LogP contribution in [0.25, 0.3) is 27.6 Å². The monoisotopic (exact) mass is 588 g/mol. The lowest BCUT2D eigenvalue weighted by Gasteiger charge is -2.22. The summed E-state index contributed by atoms with van der Waals surface area (Å²) < 4.78 is 8.69. The molecule has 8 rings (SSSR count). The fourth-order valence-electron chi connectivity index (χ4n) is 6.19. The third-order valence-electron chi connectivity index (χ3n) is 8.46.